The molecule has 1 aromatic heterocycles. The number of nitrogens with one attached hydrogen (secondary N) is 2. The largest absolute Gasteiger partial charge is 0.326 e. The summed E-state index contributed by atoms with van der Waals surface area (Å²) in [5, 5.41) is 5.50. The highest BCUT2D eigenvalue weighted by Gasteiger charge is 2.10. The lowest BCUT2D eigenvalue weighted by molar-refractivity contribution is -0.114. The number of aromatic nitrogens is 2. The molecule has 0 fully saturated rings. The Labute approximate surface area is 165 Å². The van der Waals surface area contributed by atoms with E-state index in [0.29, 0.717) is 17.2 Å². The first-order valence-electron chi connectivity index (χ1n) is 8.20. The summed E-state index contributed by atoms with van der Waals surface area (Å²) in [7, 11) is 0. The van der Waals surface area contributed by atoms with E-state index >= 15 is 0 Å². The standard InChI is InChI=1S/C19H18N4O2S2/c1-12-4-3-5-14(10-12)18-22-19(27-23-18)26-11-17(25)21-16-8-6-15(7-9-16)20-13(2)24/h3-10H,11H2,1-2H3,(H,20,24)(H,21,25). The van der Waals surface area contributed by atoms with Gasteiger partial charge in [0.05, 0.1) is 5.75 Å². The van der Waals surface area contributed by atoms with Crippen LogP contribution in [0.25, 0.3) is 11.4 Å². The maximum atomic E-state index is 12.1. The van der Waals surface area contributed by atoms with Crippen molar-refractivity contribution in [1.82, 2.24) is 9.36 Å². The van der Waals surface area contributed by atoms with Crippen molar-refractivity contribution in [2.75, 3.05) is 16.4 Å². The van der Waals surface area contributed by atoms with Crippen molar-refractivity contribution in [2.24, 2.45) is 0 Å². The van der Waals surface area contributed by atoms with Gasteiger partial charge in [-0.3, -0.25) is 9.59 Å². The van der Waals surface area contributed by atoms with Gasteiger partial charge in [-0.1, -0.05) is 35.5 Å². The van der Waals surface area contributed by atoms with E-state index in [2.05, 4.69) is 20.0 Å². The Morgan fingerprint density at radius 2 is 1.78 bits per heavy atom. The third-order valence-corrected chi connectivity index (χ3v) is 5.33. The summed E-state index contributed by atoms with van der Waals surface area (Å²) in [6.07, 6.45) is 0. The maximum Gasteiger partial charge on any atom is 0.234 e. The smallest absolute Gasteiger partial charge is 0.234 e. The van der Waals surface area contributed by atoms with Crippen molar-refractivity contribution in [1.29, 1.82) is 0 Å². The minimum absolute atomic E-state index is 0.125. The zero-order valence-electron chi connectivity index (χ0n) is 14.9. The van der Waals surface area contributed by atoms with Crippen LogP contribution < -0.4 is 10.6 Å². The fraction of sp³-hybridized carbons (Fsp3) is 0.158. The molecule has 2 amide bonds. The fourth-order valence-corrected chi connectivity index (χ4v) is 3.75. The molecule has 0 atom stereocenters. The Hall–Kier alpha value is -2.71. The summed E-state index contributed by atoms with van der Waals surface area (Å²) in [5.41, 5.74) is 3.49. The lowest BCUT2D eigenvalue weighted by Gasteiger charge is -2.06. The van der Waals surface area contributed by atoms with Crippen molar-refractivity contribution in [3.63, 3.8) is 0 Å². The van der Waals surface area contributed by atoms with Crippen molar-refractivity contribution < 1.29 is 9.59 Å². The number of rotatable bonds is 6. The fourth-order valence-electron chi connectivity index (χ4n) is 2.33. The second kappa shape index (κ2) is 8.79. The number of aryl methyl sites for hydroxylation is 1. The molecule has 0 bridgehead atoms. The molecule has 8 heteroatoms. The van der Waals surface area contributed by atoms with E-state index in [4.69, 9.17) is 0 Å². The maximum absolute atomic E-state index is 12.1. The average molecular weight is 399 g/mol. The van der Waals surface area contributed by atoms with Gasteiger partial charge in [0.25, 0.3) is 0 Å². The molecule has 0 unspecified atom stereocenters. The predicted molar refractivity (Wildman–Crippen MR) is 110 cm³/mol. The van der Waals surface area contributed by atoms with Crippen LogP contribution in [0.4, 0.5) is 11.4 Å². The zero-order chi connectivity index (χ0) is 19.2. The zero-order valence-corrected chi connectivity index (χ0v) is 16.5. The lowest BCUT2D eigenvalue weighted by atomic mass is 10.1. The van der Waals surface area contributed by atoms with Gasteiger partial charge < -0.3 is 10.6 Å². The van der Waals surface area contributed by atoms with Gasteiger partial charge >= 0.3 is 0 Å². The summed E-state index contributed by atoms with van der Waals surface area (Å²) in [5.74, 6) is 0.667. The molecular weight excluding hydrogens is 380 g/mol. The van der Waals surface area contributed by atoms with Crippen LogP contribution in [-0.2, 0) is 9.59 Å². The number of thioether (sulfide) groups is 1. The average Bonchev–Trinajstić information content (AvgIpc) is 3.10. The van der Waals surface area contributed by atoms with Crippen molar-refractivity contribution >= 4 is 46.5 Å². The molecule has 3 rings (SSSR count). The molecule has 138 valence electrons. The monoisotopic (exact) mass is 398 g/mol. The number of carbonyl (C=O) groups excluding carboxylic acids is 2. The van der Waals surface area contributed by atoms with Gasteiger partial charge in [0, 0.05) is 23.9 Å². The Kier molecular flexibility index (Phi) is 6.20. The third-order valence-electron chi connectivity index (χ3n) is 3.50. The minimum Gasteiger partial charge on any atom is -0.326 e. The Balaban J connectivity index is 1.53. The predicted octanol–water partition coefficient (Wildman–Crippen LogP) is 4.20. The van der Waals surface area contributed by atoms with E-state index in [9.17, 15) is 9.59 Å². The Morgan fingerprint density at radius 3 is 2.44 bits per heavy atom. The van der Waals surface area contributed by atoms with Crippen LogP contribution in [0.1, 0.15) is 12.5 Å². The third kappa shape index (κ3) is 5.63. The summed E-state index contributed by atoms with van der Waals surface area (Å²) in [4.78, 5) is 27.6. The molecule has 0 spiro atoms. The summed E-state index contributed by atoms with van der Waals surface area (Å²) < 4.78 is 5.12. The minimum atomic E-state index is -0.134. The van der Waals surface area contributed by atoms with Gasteiger partial charge in [0.1, 0.15) is 0 Å². The van der Waals surface area contributed by atoms with Crippen LogP contribution in [0.15, 0.2) is 52.9 Å². The SMILES string of the molecule is CC(=O)Nc1ccc(NC(=O)CSc2nc(-c3cccc(C)c3)ns2)cc1. The molecular formula is C19H18N4O2S2. The molecule has 6 nitrogen and oxygen atoms in total. The summed E-state index contributed by atoms with van der Waals surface area (Å²) in [6.45, 7) is 3.48. The highest BCUT2D eigenvalue weighted by atomic mass is 32.2. The first-order valence-corrected chi connectivity index (χ1v) is 9.96. The van der Waals surface area contributed by atoms with Crippen molar-refractivity contribution in [3.8, 4) is 11.4 Å². The van der Waals surface area contributed by atoms with E-state index in [0.717, 1.165) is 15.5 Å². The van der Waals surface area contributed by atoms with Crippen LogP contribution in [0.5, 0.6) is 0 Å². The van der Waals surface area contributed by atoms with Crippen LogP contribution in [0.2, 0.25) is 0 Å². The normalized spacial score (nSPS) is 10.4. The van der Waals surface area contributed by atoms with Gasteiger partial charge in [-0.05, 0) is 48.8 Å². The molecule has 2 N–H and O–H groups in total. The molecule has 27 heavy (non-hydrogen) atoms. The highest BCUT2D eigenvalue weighted by Crippen LogP contribution is 2.25. The molecule has 0 aliphatic carbocycles. The van der Waals surface area contributed by atoms with E-state index in [1.54, 1.807) is 24.3 Å². The Morgan fingerprint density at radius 1 is 1.07 bits per heavy atom. The number of benzene rings is 2. The van der Waals surface area contributed by atoms with Gasteiger partial charge in [0.2, 0.25) is 11.8 Å². The van der Waals surface area contributed by atoms with Crippen molar-refractivity contribution in [3.05, 3.63) is 54.1 Å². The Bertz CT molecular complexity index is 954. The number of anilines is 2. The molecule has 0 aliphatic rings. The van der Waals surface area contributed by atoms with Crippen molar-refractivity contribution in [2.45, 2.75) is 18.2 Å². The number of hydrogen-bond donors (Lipinski definition) is 2. The van der Waals surface area contributed by atoms with Gasteiger partial charge in [0.15, 0.2) is 10.2 Å². The topological polar surface area (TPSA) is 84.0 Å². The molecule has 0 aliphatic heterocycles. The van der Waals surface area contributed by atoms with E-state index in [1.165, 1.54) is 30.2 Å². The van der Waals surface area contributed by atoms with E-state index in [-0.39, 0.29) is 17.6 Å². The molecule has 3 aromatic rings. The van der Waals surface area contributed by atoms with Gasteiger partial charge in [-0.15, -0.1) is 0 Å². The van der Waals surface area contributed by atoms with Gasteiger partial charge in [-0.2, -0.15) is 4.37 Å². The quantitative estimate of drug-likeness (QED) is 0.608. The van der Waals surface area contributed by atoms with Crippen LogP contribution in [0, 0.1) is 6.92 Å². The summed E-state index contributed by atoms with van der Waals surface area (Å²) >= 11 is 2.64. The van der Waals surface area contributed by atoms with Crippen LogP contribution >= 0.6 is 23.3 Å². The molecule has 2 aromatic carbocycles. The van der Waals surface area contributed by atoms with Crippen LogP contribution in [0.3, 0.4) is 0 Å². The number of hydrogen-bond acceptors (Lipinski definition) is 6. The molecule has 0 saturated heterocycles. The van der Waals surface area contributed by atoms with E-state index < -0.39 is 0 Å². The number of nitrogens with zero attached hydrogens (tertiary/aromatic N) is 2. The second-order valence-electron chi connectivity index (χ2n) is 5.85. The summed E-state index contributed by atoms with van der Waals surface area (Å²) in [6, 6.07) is 15.0. The first-order chi connectivity index (χ1) is 13.0. The first kappa shape index (κ1) is 19.1. The number of carbonyl (C=O) groups is 2. The lowest BCUT2D eigenvalue weighted by Crippen LogP contribution is -2.14. The van der Waals surface area contributed by atoms with E-state index in [1.807, 2.05) is 31.2 Å². The number of amides is 2. The highest BCUT2D eigenvalue weighted by molar-refractivity contribution is 8.01. The van der Waals surface area contributed by atoms with Gasteiger partial charge in [-0.25, -0.2) is 4.98 Å². The van der Waals surface area contributed by atoms with Crippen LogP contribution in [-0.4, -0.2) is 26.9 Å². The second-order valence-corrected chi connectivity index (χ2v) is 7.82. The molecule has 1 heterocycles. The molecule has 0 radical (unpaired) electrons. The molecule has 0 saturated carbocycles.